The SMILES string of the molecule is CC1(C)OB(c2ccc3cc(Cl)sc3c2Cl)OC1(C)C. The van der Waals surface area contributed by atoms with Gasteiger partial charge in [0.2, 0.25) is 0 Å². The Morgan fingerprint density at radius 1 is 1.05 bits per heavy atom. The number of thiophene rings is 1. The maximum absolute atomic E-state index is 6.51. The monoisotopic (exact) mass is 328 g/mol. The van der Waals surface area contributed by atoms with Crippen LogP contribution in [0.5, 0.6) is 0 Å². The molecule has 1 aromatic heterocycles. The molecule has 0 aliphatic carbocycles. The van der Waals surface area contributed by atoms with Crippen molar-refractivity contribution in [1.29, 1.82) is 0 Å². The van der Waals surface area contributed by atoms with Crippen molar-refractivity contribution < 1.29 is 9.31 Å². The first kappa shape index (κ1) is 14.7. The summed E-state index contributed by atoms with van der Waals surface area (Å²) in [6.45, 7) is 8.12. The summed E-state index contributed by atoms with van der Waals surface area (Å²) in [6.07, 6.45) is 0. The van der Waals surface area contributed by atoms with E-state index in [0.29, 0.717) is 5.02 Å². The second-order valence-electron chi connectivity index (χ2n) is 6.03. The lowest BCUT2D eigenvalue weighted by Gasteiger charge is -2.32. The van der Waals surface area contributed by atoms with Crippen molar-refractivity contribution in [3.63, 3.8) is 0 Å². The maximum Gasteiger partial charge on any atom is 0.496 e. The molecule has 1 aliphatic heterocycles. The van der Waals surface area contributed by atoms with Crippen LogP contribution in [0.2, 0.25) is 9.36 Å². The second-order valence-corrected chi connectivity index (χ2v) is 8.09. The molecule has 3 rings (SSSR count). The predicted molar refractivity (Wildman–Crippen MR) is 87.6 cm³/mol. The van der Waals surface area contributed by atoms with Crippen molar-refractivity contribution in [2.75, 3.05) is 0 Å². The Bertz CT molecular complexity index is 665. The molecule has 0 bridgehead atoms. The Balaban J connectivity index is 2.06. The lowest BCUT2D eigenvalue weighted by molar-refractivity contribution is 0.00578. The summed E-state index contributed by atoms with van der Waals surface area (Å²) in [4.78, 5) is 0. The average molecular weight is 329 g/mol. The van der Waals surface area contributed by atoms with Crippen molar-refractivity contribution in [3.05, 3.63) is 27.6 Å². The van der Waals surface area contributed by atoms with Gasteiger partial charge in [0.1, 0.15) is 0 Å². The van der Waals surface area contributed by atoms with E-state index in [1.807, 2.05) is 45.9 Å². The van der Waals surface area contributed by atoms with E-state index in [-0.39, 0.29) is 11.2 Å². The van der Waals surface area contributed by atoms with Gasteiger partial charge in [-0.3, -0.25) is 0 Å². The first-order chi connectivity index (χ1) is 9.21. The molecule has 0 amide bonds. The molecule has 2 aromatic rings. The molecule has 2 heterocycles. The normalized spacial score (nSPS) is 20.8. The first-order valence-corrected chi connectivity index (χ1v) is 8.02. The molecule has 1 aromatic carbocycles. The van der Waals surface area contributed by atoms with Gasteiger partial charge in [-0.05, 0) is 39.1 Å². The number of fused-ring (bicyclic) bond motifs is 1. The average Bonchev–Trinajstić information content (AvgIpc) is 2.78. The molecule has 1 saturated heterocycles. The zero-order valence-electron chi connectivity index (χ0n) is 11.8. The van der Waals surface area contributed by atoms with Crippen LogP contribution >= 0.6 is 34.5 Å². The van der Waals surface area contributed by atoms with E-state index in [1.165, 1.54) is 11.3 Å². The Morgan fingerprint density at radius 3 is 2.25 bits per heavy atom. The van der Waals surface area contributed by atoms with Crippen molar-refractivity contribution >= 4 is 57.2 Å². The van der Waals surface area contributed by atoms with Crippen LogP contribution in [0.15, 0.2) is 18.2 Å². The van der Waals surface area contributed by atoms with Crippen LogP contribution in [0, 0.1) is 0 Å². The third-order valence-electron chi connectivity index (χ3n) is 4.13. The van der Waals surface area contributed by atoms with Crippen LogP contribution in [0.3, 0.4) is 0 Å². The Hall–Kier alpha value is -0.255. The van der Waals surface area contributed by atoms with E-state index in [2.05, 4.69) is 0 Å². The number of hydrogen-bond donors (Lipinski definition) is 0. The van der Waals surface area contributed by atoms with E-state index in [4.69, 9.17) is 32.5 Å². The molecule has 20 heavy (non-hydrogen) atoms. The summed E-state index contributed by atoms with van der Waals surface area (Å²) >= 11 is 14.0. The van der Waals surface area contributed by atoms with Gasteiger partial charge in [0.25, 0.3) is 0 Å². The number of rotatable bonds is 1. The smallest absolute Gasteiger partial charge is 0.399 e. The molecule has 106 valence electrons. The zero-order chi connectivity index (χ0) is 14.7. The molecule has 6 heteroatoms. The predicted octanol–water partition coefficient (Wildman–Crippen LogP) is 4.51. The van der Waals surface area contributed by atoms with Gasteiger partial charge in [0, 0.05) is 5.46 Å². The third kappa shape index (κ3) is 2.18. The molecular formula is C14H15BCl2O2S. The second kappa shape index (κ2) is 4.62. The maximum atomic E-state index is 6.51. The van der Waals surface area contributed by atoms with E-state index < -0.39 is 7.12 Å². The van der Waals surface area contributed by atoms with E-state index in [9.17, 15) is 0 Å². The standard InChI is InChI=1S/C14H15BCl2O2S/c1-13(2)14(3,4)19-15(18-13)9-6-5-8-7-10(16)20-12(8)11(9)17/h5-7H,1-4H3. The Labute approximate surface area is 133 Å². The molecule has 1 fully saturated rings. The highest BCUT2D eigenvalue weighted by Crippen LogP contribution is 2.39. The van der Waals surface area contributed by atoms with Crippen LogP contribution in [0.25, 0.3) is 10.1 Å². The molecular weight excluding hydrogens is 314 g/mol. The van der Waals surface area contributed by atoms with Gasteiger partial charge in [0.05, 0.1) is 25.3 Å². The topological polar surface area (TPSA) is 18.5 Å². The minimum atomic E-state index is -0.447. The largest absolute Gasteiger partial charge is 0.496 e. The van der Waals surface area contributed by atoms with Gasteiger partial charge in [0.15, 0.2) is 0 Å². The molecule has 1 aliphatic rings. The van der Waals surface area contributed by atoms with Crippen LogP contribution < -0.4 is 5.46 Å². The van der Waals surface area contributed by atoms with Crippen LogP contribution in [0.1, 0.15) is 27.7 Å². The lowest BCUT2D eigenvalue weighted by atomic mass is 9.79. The summed E-state index contributed by atoms with van der Waals surface area (Å²) < 4.78 is 13.8. The molecule has 0 spiro atoms. The lowest BCUT2D eigenvalue weighted by Crippen LogP contribution is -2.41. The van der Waals surface area contributed by atoms with Gasteiger partial charge in [-0.15, -0.1) is 11.3 Å². The van der Waals surface area contributed by atoms with Crippen molar-refractivity contribution in [1.82, 2.24) is 0 Å². The number of benzene rings is 1. The summed E-state index contributed by atoms with van der Waals surface area (Å²) in [5.41, 5.74) is 0.114. The zero-order valence-corrected chi connectivity index (χ0v) is 14.1. The highest BCUT2D eigenvalue weighted by molar-refractivity contribution is 7.23. The minimum Gasteiger partial charge on any atom is -0.399 e. The van der Waals surface area contributed by atoms with Gasteiger partial charge < -0.3 is 9.31 Å². The fourth-order valence-electron chi connectivity index (χ4n) is 2.20. The first-order valence-electron chi connectivity index (χ1n) is 6.44. The van der Waals surface area contributed by atoms with Crippen molar-refractivity contribution in [2.24, 2.45) is 0 Å². The fraction of sp³-hybridized carbons (Fsp3) is 0.429. The molecule has 0 saturated carbocycles. The molecule has 0 radical (unpaired) electrons. The van der Waals surface area contributed by atoms with Crippen LogP contribution in [-0.4, -0.2) is 18.3 Å². The summed E-state index contributed by atoms with van der Waals surface area (Å²) in [7, 11) is -0.447. The van der Waals surface area contributed by atoms with Gasteiger partial charge in [-0.1, -0.05) is 35.3 Å². The van der Waals surface area contributed by atoms with Gasteiger partial charge >= 0.3 is 7.12 Å². The van der Waals surface area contributed by atoms with Gasteiger partial charge in [-0.2, -0.15) is 0 Å². The Kier molecular flexibility index (Phi) is 3.39. The third-order valence-corrected chi connectivity index (χ3v) is 5.95. The van der Waals surface area contributed by atoms with E-state index in [1.54, 1.807) is 0 Å². The molecule has 0 unspecified atom stereocenters. The number of hydrogen-bond acceptors (Lipinski definition) is 3. The van der Waals surface area contributed by atoms with E-state index >= 15 is 0 Å². The fourth-order valence-corrected chi connectivity index (χ4v) is 3.76. The summed E-state index contributed by atoms with van der Waals surface area (Å²) in [5, 5.41) is 1.71. The van der Waals surface area contributed by atoms with E-state index in [0.717, 1.165) is 19.9 Å². The number of halogens is 2. The van der Waals surface area contributed by atoms with Crippen LogP contribution in [0.4, 0.5) is 0 Å². The quantitative estimate of drug-likeness (QED) is 0.717. The Morgan fingerprint density at radius 2 is 1.65 bits per heavy atom. The minimum absolute atomic E-state index is 0.372. The highest BCUT2D eigenvalue weighted by atomic mass is 35.5. The molecule has 0 N–H and O–H groups in total. The van der Waals surface area contributed by atoms with Crippen molar-refractivity contribution in [2.45, 2.75) is 38.9 Å². The van der Waals surface area contributed by atoms with Crippen molar-refractivity contribution in [3.8, 4) is 0 Å². The summed E-state index contributed by atoms with van der Waals surface area (Å²) in [5.74, 6) is 0. The molecule has 0 atom stereocenters. The highest BCUT2D eigenvalue weighted by Gasteiger charge is 2.52. The van der Waals surface area contributed by atoms with Gasteiger partial charge in [-0.25, -0.2) is 0 Å². The molecule has 2 nitrogen and oxygen atoms in total. The van der Waals surface area contributed by atoms with Crippen LogP contribution in [-0.2, 0) is 9.31 Å². The summed E-state index contributed by atoms with van der Waals surface area (Å²) in [6, 6.07) is 5.88.